The largest absolute Gasteiger partial charge is 0.342 e. The Kier molecular flexibility index (Phi) is 5.38. The average Bonchev–Trinajstić information content (AvgIpc) is 3.18. The maximum absolute atomic E-state index is 13.1. The molecule has 1 fully saturated rings. The molecule has 4 rings (SSSR count). The highest BCUT2D eigenvalue weighted by molar-refractivity contribution is 7.89. The second-order valence-corrected chi connectivity index (χ2v) is 9.03. The zero-order valence-electron chi connectivity index (χ0n) is 16.3. The van der Waals surface area contributed by atoms with Crippen LogP contribution in [0.4, 0.5) is 0 Å². The molecule has 1 aliphatic heterocycles. The number of hydrogen-bond donors (Lipinski definition) is 2. The van der Waals surface area contributed by atoms with E-state index in [1.807, 2.05) is 24.3 Å². The van der Waals surface area contributed by atoms with Crippen LogP contribution in [0.25, 0.3) is 11.0 Å². The van der Waals surface area contributed by atoms with E-state index in [0.29, 0.717) is 25.2 Å². The fourth-order valence-corrected chi connectivity index (χ4v) is 4.89. The number of likely N-dealkylation sites (tertiary alicyclic amines) is 1. The number of sulfonamides is 1. The van der Waals surface area contributed by atoms with Crippen LogP contribution in [0.3, 0.4) is 0 Å². The first-order valence-electron chi connectivity index (χ1n) is 9.81. The van der Waals surface area contributed by atoms with Gasteiger partial charge in [0.05, 0.1) is 15.9 Å². The van der Waals surface area contributed by atoms with Gasteiger partial charge in [0.25, 0.3) is 5.91 Å². The maximum atomic E-state index is 13.1. The maximum Gasteiger partial charge on any atom is 0.253 e. The van der Waals surface area contributed by atoms with Gasteiger partial charge < -0.3 is 9.88 Å². The van der Waals surface area contributed by atoms with E-state index in [1.165, 1.54) is 12.1 Å². The Bertz CT molecular complexity index is 1110. The zero-order valence-corrected chi connectivity index (χ0v) is 17.1. The van der Waals surface area contributed by atoms with Gasteiger partial charge in [0, 0.05) is 31.1 Å². The second-order valence-electron chi connectivity index (χ2n) is 7.26. The minimum atomic E-state index is -3.60. The first-order valence-corrected chi connectivity index (χ1v) is 11.3. The number of aromatic nitrogens is 2. The summed E-state index contributed by atoms with van der Waals surface area (Å²) >= 11 is 0. The van der Waals surface area contributed by atoms with Gasteiger partial charge >= 0.3 is 0 Å². The number of benzene rings is 2. The Morgan fingerprint density at radius 2 is 2.07 bits per heavy atom. The highest BCUT2D eigenvalue weighted by Gasteiger charge is 2.28. The number of aromatic amines is 1. The number of H-pyrrole nitrogens is 1. The van der Waals surface area contributed by atoms with E-state index >= 15 is 0 Å². The van der Waals surface area contributed by atoms with Crippen LogP contribution in [0.2, 0.25) is 0 Å². The molecule has 2 N–H and O–H groups in total. The van der Waals surface area contributed by atoms with E-state index in [0.717, 1.165) is 29.7 Å². The summed E-state index contributed by atoms with van der Waals surface area (Å²) in [5.41, 5.74) is 2.30. The Labute approximate surface area is 170 Å². The van der Waals surface area contributed by atoms with Crippen molar-refractivity contribution in [2.24, 2.45) is 0 Å². The molecule has 0 saturated carbocycles. The van der Waals surface area contributed by atoms with E-state index in [-0.39, 0.29) is 16.7 Å². The third-order valence-corrected chi connectivity index (χ3v) is 6.77. The normalized spacial score (nSPS) is 17.6. The SMILES string of the molecule is CCNS(=O)(=O)c1cccc(C(=O)N2CCCC(c3nc4ccccc4[nH]3)C2)c1. The van der Waals surface area contributed by atoms with Gasteiger partial charge in [-0.2, -0.15) is 0 Å². The Morgan fingerprint density at radius 1 is 1.24 bits per heavy atom. The Hall–Kier alpha value is -2.71. The number of amides is 1. The van der Waals surface area contributed by atoms with Crippen molar-refractivity contribution in [3.05, 3.63) is 59.9 Å². The molecule has 29 heavy (non-hydrogen) atoms. The molecule has 1 aliphatic rings. The molecule has 1 aromatic heterocycles. The van der Waals surface area contributed by atoms with Crippen molar-refractivity contribution in [1.29, 1.82) is 0 Å². The molecule has 0 spiro atoms. The van der Waals surface area contributed by atoms with E-state index in [1.54, 1.807) is 24.0 Å². The number of carbonyl (C=O) groups is 1. The minimum absolute atomic E-state index is 0.107. The lowest BCUT2D eigenvalue weighted by atomic mass is 9.96. The van der Waals surface area contributed by atoms with Crippen molar-refractivity contribution >= 4 is 27.0 Å². The summed E-state index contributed by atoms with van der Waals surface area (Å²) in [6.45, 7) is 3.23. The monoisotopic (exact) mass is 412 g/mol. The standard InChI is InChI=1S/C21H24N4O3S/c1-2-22-29(27,28)17-9-5-7-15(13-17)21(26)25-12-6-8-16(14-25)20-23-18-10-3-4-11-19(18)24-20/h3-5,7,9-11,13,16,22H,2,6,8,12,14H2,1H3,(H,23,24). The molecular formula is C21H24N4O3S. The first kappa shape index (κ1) is 19.6. The van der Waals surface area contributed by atoms with Gasteiger partial charge in [0.2, 0.25) is 10.0 Å². The molecule has 8 heteroatoms. The minimum Gasteiger partial charge on any atom is -0.342 e. The molecule has 1 saturated heterocycles. The van der Waals surface area contributed by atoms with E-state index in [9.17, 15) is 13.2 Å². The van der Waals surface area contributed by atoms with Crippen LogP contribution in [-0.4, -0.2) is 48.8 Å². The smallest absolute Gasteiger partial charge is 0.253 e. The molecule has 7 nitrogen and oxygen atoms in total. The van der Waals surface area contributed by atoms with Crippen LogP contribution < -0.4 is 4.72 Å². The van der Waals surface area contributed by atoms with E-state index in [2.05, 4.69) is 14.7 Å². The molecule has 2 heterocycles. The highest BCUT2D eigenvalue weighted by Crippen LogP contribution is 2.28. The number of para-hydroxylation sites is 2. The zero-order chi connectivity index (χ0) is 20.4. The van der Waals surface area contributed by atoms with E-state index in [4.69, 9.17) is 0 Å². The Balaban J connectivity index is 1.54. The molecule has 1 unspecified atom stereocenters. The highest BCUT2D eigenvalue weighted by atomic mass is 32.2. The number of piperidine rings is 1. The van der Waals surface area contributed by atoms with Crippen LogP contribution in [0, 0.1) is 0 Å². The predicted molar refractivity (Wildman–Crippen MR) is 111 cm³/mol. The lowest BCUT2D eigenvalue weighted by molar-refractivity contribution is 0.0704. The van der Waals surface area contributed by atoms with Gasteiger partial charge in [0.15, 0.2) is 0 Å². The van der Waals surface area contributed by atoms with Crippen LogP contribution in [-0.2, 0) is 10.0 Å². The summed E-state index contributed by atoms with van der Waals surface area (Å²) in [6.07, 6.45) is 1.83. The summed E-state index contributed by atoms with van der Waals surface area (Å²) in [6, 6.07) is 14.1. The number of nitrogens with zero attached hydrogens (tertiary/aromatic N) is 2. The first-order chi connectivity index (χ1) is 14.0. The number of rotatable bonds is 5. The Morgan fingerprint density at radius 3 is 2.86 bits per heavy atom. The van der Waals surface area contributed by atoms with Gasteiger partial charge in [-0.05, 0) is 43.2 Å². The lowest BCUT2D eigenvalue weighted by Gasteiger charge is -2.32. The van der Waals surface area contributed by atoms with Crippen molar-refractivity contribution in [3.8, 4) is 0 Å². The number of imidazole rings is 1. The van der Waals surface area contributed by atoms with Gasteiger partial charge in [-0.3, -0.25) is 4.79 Å². The van der Waals surface area contributed by atoms with Crippen molar-refractivity contribution in [3.63, 3.8) is 0 Å². The third-order valence-electron chi connectivity index (χ3n) is 5.23. The topological polar surface area (TPSA) is 95.2 Å². The number of fused-ring (bicyclic) bond motifs is 1. The summed E-state index contributed by atoms with van der Waals surface area (Å²) < 4.78 is 27.0. The second kappa shape index (κ2) is 7.96. The molecule has 0 bridgehead atoms. The van der Waals surface area contributed by atoms with Gasteiger partial charge in [-0.1, -0.05) is 25.1 Å². The fraction of sp³-hybridized carbons (Fsp3) is 0.333. The molecular weight excluding hydrogens is 388 g/mol. The number of hydrogen-bond acceptors (Lipinski definition) is 4. The summed E-state index contributed by atoms with van der Waals surface area (Å²) in [4.78, 5) is 23.0. The van der Waals surface area contributed by atoms with Crippen molar-refractivity contribution < 1.29 is 13.2 Å². The van der Waals surface area contributed by atoms with Gasteiger partial charge in [-0.15, -0.1) is 0 Å². The molecule has 1 amide bonds. The summed E-state index contributed by atoms with van der Waals surface area (Å²) in [7, 11) is -3.60. The van der Waals surface area contributed by atoms with Crippen LogP contribution in [0.5, 0.6) is 0 Å². The molecule has 1 atom stereocenters. The molecule has 2 aromatic carbocycles. The average molecular weight is 413 g/mol. The molecule has 0 radical (unpaired) electrons. The lowest BCUT2D eigenvalue weighted by Crippen LogP contribution is -2.39. The summed E-state index contributed by atoms with van der Waals surface area (Å²) in [5, 5.41) is 0. The van der Waals surface area contributed by atoms with Crippen molar-refractivity contribution in [1.82, 2.24) is 19.6 Å². The molecule has 0 aliphatic carbocycles. The quantitative estimate of drug-likeness (QED) is 0.674. The van der Waals surface area contributed by atoms with Crippen molar-refractivity contribution in [2.75, 3.05) is 19.6 Å². The third kappa shape index (κ3) is 4.04. The number of carbonyl (C=O) groups excluding carboxylic acids is 1. The van der Waals surface area contributed by atoms with Gasteiger partial charge in [0.1, 0.15) is 5.82 Å². The molecule has 3 aromatic rings. The van der Waals surface area contributed by atoms with Crippen molar-refractivity contribution in [2.45, 2.75) is 30.6 Å². The predicted octanol–water partition coefficient (Wildman–Crippen LogP) is 2.88. The van der Waals surface area contributed by atoms with Crippen LogP contribution in [0.1, 0.15) is 41.9 Å². The fourth-order valence-electron chi connectivity index (χ4n) is 3.80. The summed E-state index contributed by atoms with van der Waals surface area (Å²) in [5.74, 6) is 0.875. The van der Waals surface area contributed by atoms with Gasteiger partial charge in [-0.25, -0.2) is 18.1 Å². The number of nitrogens with one attached hydrogen (secondary N) is 2. The molecule has 152 valence electrons. The van der Waals surface area contributed by atoms with Crippen LogP contribution >= 0.6 is 0 Å². The van der Waals surface area contributed by atoms with E-state index < -0.39 is 10.0 Å². The van der Waals surface area contributed by atoms with Crippen LogP contribution in [0.15, 0.2) is 53.4 Å².